The van der Waals surface area contributed by atoms with Gasteiger partial charge in [0.15, 0.2) is 0 Å². The summed E-state index contributed by atoms with van der Waals surface area (Å²) in [6, 6.07) is 9.50. The number of halogens is 2. The number of aromatic nitrogens is 3. The van der Waals surface area contributed by atoms with Crippen LogP contribution in [0, 0.1) is 5.41 Å². The summed E-state index contributed by atoms with van der Waals surface area (Å²) in [6.07, 6.45) is 3.54. The fourth-order valence-electron chi connectivity index (χ4n) is 2.40. The maximum Gasteiger partial charge on any atom is 0.229 e. The Hall–Kier alpha value is -1.59. The SMILES string of the molecule is C[C@]1(C(=O)N[C@@H](Cn2cncn2)c2ccccc2)CC1(Cl)Cl. The predicted molar refractivity (Wildman–Crippen MR) is 84.5 cm³/mol. The van der Waals surface area contributed by atoms with Gasteiger partial charge in [-0.15, -0.1) is 23.2 Å². The van der Waals surface area contributed by atoms with E-state index in [0.29, 0.717) is 13.0 Å². The number of nitrogens with one attached hydrogen (secondary N) is 1. The zero-order valence-corrected chi connectivity index (χ0v) is 13.6. The molecule has 1 aliphatic rings. The van der Waals surface area contributed by atoms with Crippen LogP contribution in [0.2, 0.25) is 0 Å². The lowest BCUT2D eigenvalue weighted by Gasteiger charge is -2.22. The van der Waals surface area contributed by atoms with Crippen molar-refractivity contribution in [2.24, 2.45) is 5.41 Å². The van der Waals surface area contributed by atoms with Gasteiger partial charge in [-0.25, -0.2) is 4.98 Å². The third kappa shape index (κ3) is 2.83. The molecule has 0 radical (unpaired) electrons. The van der Waals surface area contributed by atoms with E-state index in [0.717, 1.165) is 5.56 Å². The lowest BCUT2D eigenvalue weighted by atomic mass is 10.0. The molecule has 1 saturated carbocycles. The van der Waals surface area contributed by atoms with Gasteiger partial charge in [-0.3, -0.25) is 9.48 Å². The number of nitrogens with zero attached hydrogens (tertiary/aromatic N) is 3. The van der Waals surface area contributed by atoms with Crippen LogP contribution >= 0.6 is 23.2 Å². The molecular weight excluding hydrogens is 323 g/mol. The smallest absolute Gasteiger partial charge is 0.229 e. The number of carbonyl (C=O) groups excluding carboxylic acids is 1. The fraction of sp³-hybridized carbons (Fsp3) is 0.400. The van der Waals surface area contributed by atoms with E-state index >= 15 is 0 Å². The summed E-state index contributed by atoms with van der Waals surface area (Å²) in [7, 11) is 0. The average molecular weight is 339 g/mol. The molecule has 1 aliphatic carbocycles. The van der Waals surface area contributed by atoms with Crippen LogP contribution in [-0.2, 0) is 11.3 Å². The molecule has 7 heteroatoms. The van der Waals surface area contributed by atoms with Crippen LogP contribution in [0.5, 0.6) is 0 Å². The maximum absolute atomic E-state index is 12.5. The minimum absolute atomic E-state index is 0.147. The van der Waals surface area contributed by atoms with Crippen molar-refractivity contribution in [3.8, 4) is 0 Å². The molecule has 0 saturated heterocycles. The van der Waals surface area contributed by atoms with Gasteiger partial charge < -0.3 is 5.32 Å². The minimum atomic E-state index is -0.981. The molecule has 22 heavy (non-hydrogen) atoms. The molecule has 0 unspecified atom stereocenters. The van der Waals surface area contributed by atoms with Crippen LogP contribution in [0.25, 0.3) is 0 Å². The summed E-state index contributed by atoms with van der Waals surface area (Å²) in [4.78, 5) is 16.5. The Labute approximate surface area is 138 Å². The van der Waals surface area contributed by atoms with Gasteiger partial charge in [-0.2, -0.15) is 5.10 Å². The fourth-order valence-corrected chi connectivity index (χ4v) is 3.10. The van der Waals surface area contributed by atoms with Crippen molar-refractivity contribution < 1.29 is 4.79 Å². The third-order valence-corrected chi connectivity index (χ3v) is 5.20. The van der Waals surface area contributed by atoms with Crippen LogP contribution in [0.15, 0.2) is 43.0 Å². The van der Waals surface area contributed by atoms with Crippen LogP contribution in [0.3, 0.4) is 0 Å². The molecule has 1 amide bonds. The van der Waals surface area contributed by atoms with Crippen LogP contribution in [-0.4, -0.2) is 25.0 Å². The molecular formula is C15H16Cl2N4O. The van der Waals surface area contributed by atoms with Gasteiger partial charge in [0.05, 0.1) is 18.0 Å². The Morgan fingerprint density at radius 3 is 2.64 bits per heavy atom. The quantitative estimate of drug-likeness (QED) is 0.852. The summed E-state index contributed by atoms with van der Waals surface area (Å²) < 4.78 is 0.702. The normalized spacial score (nSPS) is 23.8. The van der Waals surface area contributed by atoms with Crippen molar-refractivity contribution in [2.45, 2.75) is 30.3 Å². The van der Waals surface area contributed by atoms with Crippen molar-refractivity contribution in [1.29, 1.82) is 0 Å². The first kappa shape index (κ1) is 15.3. The average Bonchev–Trinajstić information content (AvgIpc) is 2.85. The number of rotatable bonds is 5. The van der Waals surface area contributed by atoms with E-state index in [1.165, 1.54) is 6.33 Å². The van der Waals surface area contributed by atoms with Crippen LogP contribution in [0.1, 0.15) is 24.9 Å². The van der Waals surface area contributed by atoms with Crippen molar-refractivity contribution in [1.82, 2.24) is 20.1 Å². The molecule has 5 nitrogen and oxygen atoms in total. The highest BCUT2D eigenvalue weighted by Crippen LogP contribution is 2.63. The van der Waals surface area contributed by atoms with Gasteiger partial charge in [0.1, 0.15) is 17.0 Å². The standard InChI is InChI=1S/C15H16Cl2N4O/c1-14(8-15(14,16)17)13(22)20-12(7-21-10-18-9-19-21)11-5-3-2-4-6-11/h2-6,9-10,12H,7-8H2,1H3,(H,20,22)/t12-,14+/m0/s1. The first-order valence-corrected chi connectivity index (χ1v) is 7.74. The second kappa shape index (κ2) is 5.56. The molecule has 1 N–H and O–H groups in total. The van der Waals surface area contributed by atoms with E-state index in [2.05, 4.69) is 15.4 Å². The number of hydrogen-bond donors (Lipinski definition) is 1. The number of alkyl halides is 2. The highest BCUT2D eigenvalue weighted by atomic mass is 35.5. The van der Waals surface area contributed by atoms with E-state index in [4.69, 9.17) is 23.2 Å². The van der Waals surface area contributed by atoms with Gasteiger partial charge in [0.25, 0.3) is 0 Å². The van der Waals surface area contributed by atoms with E-state index in [9.17, 15) is 4.79 Å². The molecule has 1 heterocycles. The third-order valence-electron chi connectivity index (χ3n) is 4.10. The van der Waals surface area contributed by atoms with Gasteiger partial charge in [0, 0.05) is 0 Å². The second-order valence-electron chi connectivity index (χ2n) is 5.77. The molecule has 3 rings (SSSR count). The molecule has 0 spiro atoms. The minimum Gasteiger partial charge on any atom is -0.347 e. The number of hydrogen-bond acceptors (Lipinski definition) is 3. The van der Waals surface area contributed by atoms with Gasteiger partial charge in [0.2, 0.25) is 5.91 Å². The van der Waals surface area contributed by atoms with E-state index < -0.39 is 9.75 Å². The lowest BCUT2D eigenvalue weighted by Crippen LogP contribution is -2.38. The zero-order chi connectivity index (χ0) is 15.8. The number of amides is 1. The second-order valence-corrected chi connectivity index (χ2v) is 7.25. The van der Waals surface area contributed by atoms with Crippen LogP contribution < -0.4 is 5.32 Å². The topological polar surface area (TPSA) is 59.8 Å². The van der Waals surface area contributed by atoms with Crippen molar-refractivity contribution in [3.05, 3.63) is 48.5 Å². The molecule has 116 valence electrons. The molecule has 0 bridgehead atoms. The molecule has 0 aliphatic heterocycles. The van der Waals surface area contributed by atoms with Gasteiger partial charge in [-0.1, -0.05) is 30.3 Å². The Morgan fingerprint density at radius 2 is 2.09 bits per heavy atom. The Balaban J connectivity index is 1.79. The molecule has 2 atom stereocenters. The highest BCUT2D eigenvalue weighted by molar-refractivity contribution is 6.53. The first-order chi connectivity index (χ1) is 10.4. The molecule has 1 fully saturated rings. The summed E-state index contributed by atoms with van der Waals surface area (Å²) in [6.45, 7) is 2.27. The summed E-state index contributed by atoms with van der Waals surface area (Å²) in [5, 5.41) is 7.13. The first-order valence-electron chi connectivity index (χ1n) is 6.98. The molecule has 1 aromatic heterocycles. The van der Waals surface area contributed by atoms with Gasteiger partial charge >= 0.3 is 0 Å². The van der Waals surface area contributed by atoms with E-state index in [-0.39, 0.29) is 11.9 Å². The van der Waals surface area contributed by atoms with Gasteiger partial charge in [-0.05, 0) is 18.9 Å². The van der Waals surface area contributed by atoms with Crippen molar-refractivity contribution >= 4 is 29.1 Å². The summed E-state index contributed by atoms with van der Waals surface area (Å²) in [5.74, 6) is -0.147. The van der Waals surface area contributed by atoms with Crippen molar-refractivity contribution in [3.63, 3.8) is 0 Å². The largest absolute Gasteiger partial charge is 0.347 e. The Kier molecular flexibility index (Phi) is 3.87. The summed E-state index contributed by atoms with van der Waals surface area (Å²) in [5.41, 5.74) is 0.247. The lowest BCUT2D eigenvalue weighted by molar-refractivity contribution is -0.126. The van der Waals surface area contributed by atoms with Crippen LogP contribution in [0.4, 0.5) is 0 Å². The number of benzene rings is 1. The van der Waals surface area contributed by atoms with E-state index in [1.807, 2.05) is 30.3 Å². The molecule has 2 aromatic rings. The zero-order valence-electron chi connectivity index (χ0n) is 12.0. The highest BCUT2D eigenvalue weighted by Gasteiger charge is 2.68. The van der Waals surface area contributed by atoms with Crippen molar-refractivity contribution in [2.75, 3.05) is 0 Å². The maximum atomic E-state index is 12.5. The molecule has 1 aromatic carbocycles. The monoisotopic (exact) mass is 338 g/mol. The van der Waals surface area contributed by atoms with E-state index in [1.54, 1.807) is 17.9 Å². The Morgan fingerprint density at radius 1 is 1.41 bits per heavy atom. The Bertz CT molecular complexity index is 659. The predicted octanol–water partition coefficient (Wildman–Crippen LogP) is 2.72. The summed E-state index contributed by atoms with van der Waals surface area (Å²) >= 11 is 12.2. The number of carbonyl (C=O) groups is 1.